The second-order valence-corrected chi connectivity index (χ2v) is 5.70. The molecule has 3 rings (SSSR count). The van der Waals surface area contributed by atoms with Crippen LogP contribution < -0.4 is 0 Å². The highest BCUT2D eigenvalue weighted by Crippen LogP contribution is 2.32. The van der Waals surface area contributed by atoms with Gasteiger partial charge in [0.1, 0.15) is 0 Å². The van der Waals surface area contributed by atoms with Gasteiger partial charge in [-0.15, -0.1) is 11.8 Å². The van der Waals surface area contributed by atoms with Crippen molar-refractivity contribution in [1.29, 1.82) is 0 Å². The molecule has 0 saturated heterocycles. The van der Waals surface area contributed by atoms with E-state index in [0.717, 1.165) is 33.5 Å². The van der Waals surface area contributed by atoms with E-state index in [9.17, 15) is 13.2 Å². The minimum absolute atomic E-state index is 0.608. The Balaban J connectivity index is 1.73. The van der Waals surface area contributed by atoms with E-state index >= 15 is 0 Å². The summed E-state index contributed by atoms with van der Waals surface area (Å²) in [6, 6.07) is 13.3. The Labute approximate surface area is 124 Å². The zero-order valence-corrected chi connectivity index (χ0v) is 11.8. The summed E-state index contributed by atoms with van der Waals surface area (Å²) < 4.78 is 37.5. The molecule has 0 radical (unpaired) electrons. The van der Waals surface area contributed by atoms with Gasteiger partial charge in [0.25, 0.3) is 0 Å². The molecule has 3 aromatic rings. The summed E-state index contributed by atoms with van der Waals surface area (Å²) in [6.07, 6.45) is -2.35. The number of H-pyrrole nitrogens is 1. The molecule has 2 aromatic carbocycles. The number of alkyl halides is 3. The lowest BCUT2D eigenvalue weighted by Gasteiger charge is -2.07. The first-order chi connectivity index (χ1) is 10.0. The fourth-order valence-electron chi connectivity index (χ4n) is 2.12. The molecule has 0 atom stereocenters. The third-order valence-electron chi connectivity index (χ3n) is 3.23. The van der Waals surface area contributed by atoms with Crippen LogP contribution in [0.15, 0.2) is 59.6 Å². The zero-order chi connectivity index (χ0) is 14.9. The van der Waals surface area contributed by atoms with Crippen LogP contribution in [-0.4, -0.2) is 4.98 Å². The van der Waals surface area contributed by atoms with E-state index in [4.69, 9.17) is 0 Å². The molecule has 5 heteroatoms. The molecule has 0 unspecified atom stereocenters. The quantitative estimate of drug-likeness (QED) is 0.634. The lowest BCUT2D eigenvalue weighted by atomic mass is 10.1. The molecule has 108 valence electrons. The van der Waals surface area contributed by atoms with Gasteiger partial charge in [0.15, 0.2) is 0 Å². The Morgan fingerprint density at radius 3 is 2.38 bits per heavy atom. The van der Waals surface area contributed by atoms with Gasteiger partial charge in [-0.05, 0) is 23.8 Å². The third-order valence-corrected chi connectivity index (χ3v) is 4.35. The number of hydrogen-bond donors (Lipinski definition) is 1. The summed E-state index contributed by atoms with van der Waals surface area (Å²) >= 11 is 1.61. The van der Waals surface area contributed by atoms with Gasteiger partial charge in [-0.2, -0.15) is 13.2 Å². The summed E-state index contributed by atoms with van der Waals surface area (Å²) in [5, 5.41) is 1.13. The molecule has 1 N–H and O–H groups in total. The predicted molar refractivity (Wildman–Crippen MR) is 79.3 cm³/mol. The molecule has 0 bridgehead atoms. The van der Waals surface area contributed by atoms with E-state index in [-0.39, 0.29) is 0 Å². The van der Waals surface area contributed by atoms with Gasteiger partial charge in [0, 0.05) is 27.7 Å². The molecule has 1 heterocycles. The lowest BCUT2D eigenvalue weighted by Crippen LogP contribution is -2.04. The highest BCUT2D eigenvalue weighted by Gasteiger charge is 2.29. The summed E-state index contributed by atoms with van der Waals surface area (Å²) in [7, 11) is 0. The van der Waals surface area contributed by atoms with E-state index in [1.165, 1.54) is 12.1 Å². The van der Waals surface area contributed by atoms with Crippen molar-refractivity contribution in [2.24, 2.45) is 0 Å². The SMILES string of the molecule is FC(F)(F)c1ccc(CSc2c[nH]c3ccccc23)cc1. The first-order valence-electron chi connectivity index (χ1n) is 6.39. The minimum atomic E-state index is -4.28. The summed E-state index contributed by atoms with van der Waals surface area (Å²) in [5.41, 5.74) is 1.33. The highest BCUT2D eigenvalue weighted by atomic mass is 32.2. The van der Waals surface area contributed by atoms with Gasteiger partial charge < -0.3 is 4.98 Å². The van der Waals surface area contributed by atoms with Crippen LogP contribution in [0, 0.1) is 0 Å². The number of nitrogens with one attached hydrogen (secondary N) is 1. The Morgan fingerprint density at radius 2 is 1.67 bits per heavy atom. The molecule has 0 aliphatic carbocycles. The Hall–Kier alpha value is -1.88. The monoisotopic (exact) mass is 307 g/mol. The largest absolute Gasteiger partial charge is 0.416 e. The van der Waals surface area contributed by atoms with Gasteiger partial charge in [-0.25, -0.2) is 0 Å². The van der Waals surface area contributed by atoms with Crippen LogP contribution in [0.1, 0.15) is 11.1 Å². The molecule has 1 aromatic heterocycles. The lowest BCUT2D eigenvalue weighted by molar-refractivity contribution is -0.137. The third kappa shape index (κ3) is 3.08. The Bertz CT molecular complexity index is 744. The average Bonchev–Trinajstić information content (AvgIpc) is 2.88. The molecule has 0 amide bonds. The topological polar surface area (TPSA) is 15.8 Å². The van der Waals surface area contributed by atoms with Crippen LogP contribution in [0.5, 0.6) is 0 Å². The van der Waals surface area contributed by atoms with Crippen molar-refractivity contribution in [3.63, 3.8) is 0 Å². The van der Waals surface area contributed by atoms with E-state index in [1.807, 2.05) is 30.5 Å². The van der Waals surface area contributed by atoms with E-state index < -0.39 is 11.7 Å². The predicted octanol–water partition coefficient (Wildman–Crippen LogP) is 5.48. The van der Waals surface area contributed by atoms with Crippen LogP contribution in [0.2, 0.25) is 0 Å². The maximum atomic E-state index is 12.5. The number of halogens is 3. The van der Waals surface area contributed by atoms with E-state index in [0.29, 0.717) is 5.75 Å². The van der Waals surface area contributed by atoms with Crippen LogP contribution in [-0.2, 0) is 11.9 Å². The van der Waals surface area contributed by atoms with Crippen molar-refractivity contribution in [2.45, 2.75) is 16.8 Å². The zero-order valence-electron chi connectivity index (χ0n) is 10.9. The number of aromatic amines is 1. The maximum Gasteiger partial charge on any atom is 0.416 e. The van der Waals surface area contributed by atoms with Crippen LogP contribution in [0.3, 0.4) is 0 Å². The molecule has 0 fully saturated rings. The van der Waals surface area contributed by atoms with Gasteiger partial charge >= 0.3 is 6.18 Å². The molecular weight excluding hydrogens is 295 g/mol. The van der Waals surface area contributed by atoms with Crippen molar-refractivity contribution in [1.82, 2.24) is 4.98 Å². The maximum absolute atomic E-state index is 12.5. The van der Waals surface area contributed by atoms with Crippen LogP contribution >= 0.6 is 11.8 Å². The molecule has 1 nitrogen and oxygen atoms in total. The molecule has 0 aliphatic rings. The Kier molecular flexibility index (Phi) is 3.68. The molecule has 0 aliphatic heterocycles. The van der Waals surface area contributed by atoms with Crippen molar-refractivity contribution < 1.29 is 13.2 Å². The van der Waals surface area contributed by atoms with Gasteiger partial charge in [-0.1, -0.05) is 30.3 Å². The number of aromatic nitrogens is 1. The van der Waals surface area contributed by atoms with Crippen molar-refractivity contribution in [3.05, 3.63) is 65.9 Å². The molecule has 0 saturated carbocycles. The van der Waals surface area contributed by atoms with E-state index in [1.54, 1.807) is 11.8 Å². The summed E-state index contributed by atoms with van der Waals surface area (Å²) in [5.74, 6) is 0.639. The van der Waals surface area contributed by atoms with Crippen LogP contribution in [0.4, 0.5) is 13.2 Å². The van der Waals surface area contributed by atoms with E-state index in [2.05, 4.69) is 4.98 Å². The fourth-order valence-corrected chi connectivity index (χ4v) is 3.11. The molecule has 21 heavy (non-hydrogen) atoms. The number of para-hydroxylation sites is 1. The first kappa shape index (κ1) is 14.1. The van der Waals surface area contributed by atoms with Gasteiger partial charge in [0.05, 0.1) is 5.56 Å². The van der Waals surface area contributed by atoms with Crippen molar-refractivity contribution >= 4 is 22.7 Å². The van der Waals surface area contributed by atoms with Gasteiger partial charge in [0.2, 0.25) is 0 Å². The normalized spacial score (nSPS) is 12.0. The van der Waals surface area contributed by atoms with Crippen molar-refractivity contribution in [2.75, 3.05) is 0 Å². The Morgan fingerprint density at radius 1 is 0.952 bits per heavy atom. The minimum Gasteiger partial charge on any atom is -0.360 e. The number of rotatable bonds is 3. The smallest absolute Gasteiger partial charge is 0.360 e. The second-order valence-electron chi connectivity index (χ2n) is 4.68. The number of hydrogen-bond acceptors (Lipinski definition) is 1. The van der Waals surface area contributed by atoms with Gasteiger partial charge in [-0.3, -0.25) is 0 Å². The molecule has 0 spiro atoms. The van der Waals surface area contributed by atoms with Crippen molar-refractivity contribution in [3.8, 4) is 0 Å². The first-order valence-corrected chi connectivity index (χ1v) is 7.37. The summed E-state index contributed by atoms with van der Waals surface area (Å²) in [4.78, 5) is 4.29. The molecular formula is C16H12F3NS. The number of thioether (sulfide) groups is 1. The van der Waals surface area contributed by atoms with Crippen LogP contribution in [0.25, 0.3) is 10.9 Å². The number of benzene rings is 2. The fraction of sp³-hybridized carbons (Fsp3) is 0.125. The number of fused-ring (bicyclic) bond motifs is 1. The standard InChI is InChI=1S/C16H12F3NS/c17-16(18,19)12-7-5-11(6-8-12)10-21-15-9-20-14-4-2-1-3-13(14)15/h1-9,20H,10H2. The summed E-state index contributed by atoms with van der Waals surface area (Å²) in [6.45, 7) is 0. The second kappa shape index (κ2) is 5.48. The highest BCUT2D eigenvalue weighted by molar-refractivity contribution is 7.98. The average molecular weight is 307 g/mol.